The molecule has 0 radical (unpaired) electrons. The van der Waals surface area contributed by atoms with Crippen LogP contribution >= 0.6 is 0 Å². The molecule has 2 aromatic rings. The Morgan fingerprint density at radius 2 is 1.95 bits per heavy atom. The Hall–Kier alpha value is -1.97. The first-order chi connectivity index (χ1) is 9.11. The average molecular weight is 260 g/mol. The van der Waals surface area contributed by atoms with Crippen molar-refractivity contribution in [2.75, 3.05) is 12.3 Å². The Balaban J connectivity index is 2.32. The van der Waals surface area contributed by atoms with Crippen LogP contribution in [0.15, 0.2) is 28.8 Å². The van der Waals surface area contributed by atoms with Gasteiger partial charge in [-0.05, 0) is 37.0 Å². The van der Waals surface area contributed by atoms with Gasteiger partial charge >= 0.3 is 0 Å². The van der Waals surface area contributed by atoms with Crippen molar-refractivity contribution < 1.29 is 9.26 Å². The van der Waals surface area contributed by atoms with E-state index in [9.17, 15) is 0 Å². The van der Waals surface area contributed by atoms with Gasteiger partial charge in [0.25, 0.3) is 0 Å². The number of benzene rings is 1. The van der Waals surface area contributed by atoms with Gasteiger partial charge in [0.15, 0.2) is 0 Å². The minimum absolute atomic E-state index is 0.375. The van der Waals surface area contributed by atoms with Crippen LogP contribution in [0.3, 0.4) is 0 Å². The Morgan fingerprint density at radius 3 is 2.53 bits per heavy atom. The molecule has 2 N–H and O–H groups in total. The van der Waals surface area contributed by atoms with Crippen LogP contribution in [0.5, 0.6) is 5.75 Å². The fourth-order valence-corrected chi connectivity index (χ4v) is 2.06. The van der Waals surface area contributed by atoms with Crippen LogP contribution in [-0.4, -0.2) is 11.8 Å². The molecule has 0 spiro atoms. The summed E-state index contributed by atoms with van der Waals surface area (Å²) in [5, 5.41) is 4.06. The van der Waals surface area contributed by atoms with Gasteiger partial charge in [-0.15, -0.1) is 0 Å². The van der Waals surface area contributed by atoms with Gasteiger partial charge in [-0.1, -0.05) is 31.1 Å². The lowest BCUT2D eigenvalue weighted by molar-refractivity contribution is 0.340. The Morgan fingerprint density at radius 1 is 1.26 bits per heavy atom. The molecule has 0 saturated heterocycles. The van der Waals surface area contributed by atoms with Crippen molar-refractivity contribution in [2.24, 2.45) is 5.92 Å². The molecule has 0 aliphatic carbocycles. The second-order valence-electron chi connectivity index (χ2n) is 4.92. The number of nitrogen functional groups attached to an aromatic ring is 1. The summed E-state index contributed by atoms with van der Waals surface area (Å²) in [6, 6.07) is 7.84. The zero-order chi connectivity index (χ0) is 13.8. The first-order valence-electron chi connectivity index (χ1n) is 6.59. The summed E-state index contributed by atoms with van der Waals surface area (Å²) in [7, 11) is 0. The molecule has 0 bridgehead atoms. The van der Waals surface area contributed by atoms with Crippen LogP contribution in [0.1, 0.15) is 26.5 Å². The third-order valence-electron chi connectivity index (χ3n) is 2.84. The van der Waals surface area contributed by atoms with Gasteiger partial charge in [-0.25, -0.2) is 0 Å². The average Bonchev–Trinajstić information content (AvgIpc) is 2.71. The highest BCUT2D eigenvalue weighted by Gasteiger charge is 2.16. The number of nitrogens with two attached hydrogens (primary N) is 1. The van der Waals surface area contributed by atoms with Gasteiger partial charge in [0.05, 0.1) is 17.9 Å². The molecule has 19 heavy (non-hydrogen) atoms. The van der Waals surface area contributed by atoms with Gasteiger partial charge in [-0.3, -0.25) is 0 Å². The molecule has 0 amide bonds. The van der Waals surface area contributed by atoms with Gasteiger partial charge < -0.3 is 15.0 Å². The highest BCUT2D eigenvalue weighted by atomic mass is 16.5. The maximum atomic E-state index is 5.89. The Bertz CT molecular complexity index is 530. The SMILES string of the molecule is CCOc1ccc(-c2c(CC(C)C)noc2N)cc1. The first-order valence-corrected chi connectivity index (χ1v) is 6.59. The van der Waals surface area contributed by atoms with E-state index >= 15 is 0 Å². The second-order valence-corrected chi connectivity index (χ2v) is 4.92. The van der Waals surface area contributed by atoms with Crippen LogP contribution in [0.25, 0.3) is 11.1 Å². The van der Waals surface area contributed by atoms with Crippen molar-refractivity contribution in [3.05, 3.63) is 30.0 Å². The summed E-state index contributed by atoms with van der Waals surface area (Å²) in [6.07, 6.45) is 0.850. The number of hydrogen-bond acceptors (Lipinski definition) is 4. The highest BCUT2D eigenvalue weighted by Crippen LogP contribution is 2.32. The first kappa shape index (κ1) is 13.5. The van der Waals surface area contributed by atoms with Crippen LogP contribution in [0.2, 0.25) is 0 Å². The fourth-order valence-electron chi connectivity index (χ4n) is 2.06. The van der Waals surface area contributed by atoms with E-state index in [1.165, 1.54) is 0 Å². The van der Waals surface area contributed by atoms with E-state index in [-0.39, 0.29) is 0 Å². The smallest absolute Gasteiger partial charge is 0.230 e. The van der Waals surface area contributed by atoms with E-state index in [1.807, 2.05) is 31.2 Å². The number of nitrogens with zero attached hydrogens (tertiary/aromatic N) is 1. The van der Waals surface area contributed by atoms with Crippen LogP contribution in [0, 0.1) is 5.92 Å². The monoisotopic (exact) mass is 260 g/mol. The van der Waals surface area contributed by atoms with E-state index in [2.05, 4.69) is 19.0 Å². The summed E-state index contributed by atoms with van der Waals surface area (Å²) in [5.41, 5.74) is 8.71. The molecule has 0 atom stereocenters. The predicted octanol–water partition coefficient (Wildman–Crippen LogP) is 3.52. The van der Waals surface area contributed by atoms with Crippen LogP contribution < -0.4 is 10.5 Å². The molecule has 0 aliphatic heterocycles. The van der Waals surface area contributed by atoms with E-state index < -0.39 is 0 Å². The molecule has 0 unspecified atom stereocenters. The number of rotatable bonds is 5. The third-order valence-corrected chi connectivity index (χ3v) is 2.84. The maximum absolute atomic E-state index is 5.89. The normalized spacial score (nSPS) is 10.9. The number of aromatic nitrogens is 1. The van der Waals surface area contributed by atoms with Crippen molar-refractivity contribution in [2.45, 2.75) is 27.2 Å². The maximum Gasteiger partial charge on any atom is 0.230 e. The molecule has 4 nitrogen and oxygen atoms in total. The molecule has 0 fully saturated rings. The molecular formula is C15H20N2O2. The van der Waals surface area contributed by atoms with E-state index in [0.717, 1.165) is 29.0 Å². The molecule has 0 aliphatic rings. The van der Waals surface area contributed by atoms with E-state index in [0.29, 0.717) is 18.4 Å². The zero-order valence-electron chi connectivity index (χ0n) is 11.6. The molecule has 1 heterocycles. The lowest BCUT2D eigenvalue weighted by Gasteiger charge is -2.06. The van der Waals surface area contributed by atoms with Gasteiger partial charge in [0.1, 0.15) is 5.75 Å². The third kappa shape index (κ3) is 3.08. The number of ether oxygens (including phenoxy) is 1. The summed E-state index contributed by atoms with van der Waals surface area (Å²) >= 11 is 0. The lowest BCUT2D eigenvalue weighted by atomic mass is 9.99. The molecule has 102 valence electrons. The molecule has 0 saturated carbocycles. The van der Waals surface area contributed by atoms with Crippen LogP contribution in [-0.2, 0) is 6.42 Å². The predicted molar refractivity (Wildman–Crippen MR) is 76.1 cm³/mol. The minimum Gasteiger partial charge on any atom is -0.494 e. The summed E-state index contributed by atoms with van der Waals surface area (Å²) in [5.74, 6) is 1.73. The second kappa shape index (κ2) is 5.78. The van der Waals surface area contributed by atoms with E-state index in [4.69, 9.17) is 15.0 Å². The van der Waals surface area contributed by atoms with Gasteiger partial charge in [0.2, 0.25) is 5.88 Å². The standard InChI is InChI=1S/C15H20N2O2/c1-4-18-12-7-5-11(6-8-12)14-13(9-10(2)3)17-19-15(14)16/h5-8,10H,4,9,16H2,1-3H3. The summed E-state index contributed by atoms with van der Waals surface area (Å²) in [4.78, 5) is 0. The molecular weight excluding hydrogens is 240 g/mol. The molecule has 1 aromatic carbocycles. The van der Waals surface area contributed by atoms with Crippen molar-refractivity contribution in [3.8, 4) is 16.9 Å². The Labute approximate surface area is 113 Å². The van der Waals surface area contributed by atoms with Crippen LogP contribution in [0.4, 0.5) is 5.88 Å². The van der Waals surface area contributed by atoms with Gasteiger partial charge in [-0.2, -0.15) is 0 Å². The molecule has 4 heteroatoms. The zero-order valence-corrected chi connectivity index (χ0v) is 11.6. The summed E-state index contributed by atoms with van der Waals surface area (Å²) in [6.45, 7) is 6.92. The van der Waals surface area contributed by atoms with Crippen molar-refractivity contribution in [3.63, 3.8) is 0 Å². The minimum atomic E-state index is 0.375. The van der Waals surface area contributed by atoms with Crippen molar-refractivity contribution in [1.29, 1.82) is 0 Å². The van der Waals surface area contributed by atoms with E-state index in [1.54, 1.807) is 0 Å². The quantitative estimate of drug-likeness (QED) is 0.893. The highest BCUT2D eigenvalue weighted by molar-refractivity contribution is 5.75. The lowest BCUT2D eigenvalue weighted by Crippen LogP contribution is -1.97. The summed E-state index contributed by atoms with van der Waals surface area (Å²) < 4.78 is 10.6. The van der Waals surface area contributed by atoms with Crippen molar-refractivity contribution in [1.82, 2.24) is 5.16 Å². The van der Waals surface area contributed by atoms with Crippen molar-refractivity contribution >= 4 is 5.88 Å². The topological polar surface area (TPSA) is 61.3 Å². The Kier molecular flexibility index (Phi) is 4.10. The number of hydrogen-bond donors (Lipinski definition) is 1. The fraction of sp³-hybridized carbons (Fsp3) is 0.400. The molecule has 2 rings (SSSR count). The number of anilines is 1. The largest absolute Gasteiger partial charge is 0.494 e. The molecule has 1 aromatic heterocycles. The van der Waals surface area contributed by atoms with Gasteiger partial charge in [0, 0.05) is 0 Å².